The number of halogens is 3. The van der Waals surface area contributed by atoms with E-state index in [1.165, 1.54) is 12.4 Å². The maximum atomic E-state index is 13.1. The Morgan fingerprint density at radius 3 is 2.67 bits per heavy atom. The van der Waals surface area contributed by atoms with E-state index in [-0.39, 0.29) is 28.3 Å². The maximum Gasteiger partial charge on any atom is 0.417 e. The van der Waals surface area contributed by atoms with Crippen LogP contribution in [0.2, 0.25) is 0 Å². The van der Waals surface area contributed by atoms with Gasteiger partial charge in [0.2, 0.25) is 5.95 Å². The molecule has 0 amide bonds. The lowest BCUT2D eigenvalue weighted by Crippen LogP contribution is -2.29. The lowest BCUT2D eigenvalue weighted by atomic mass is 9.86. The number of hydrogen-bond acceptors (Lipinski definition) is 6. The normalized spacial score (nSPS) is 19.6. The first kappa shape index (κ1) is 20.1. The summed E-state index contributed by atoms with van der Waals surface area (Å²) in [7, 11) is 0. The molecular formula is C20H20F3N7. The minimum Gasteiger partial charge on any atom is -0.354 e. The molecule has 0 saturated heterocycles. The van der Waals surface area contributed by atoms with Gasteiger partial charge in [0.25, 0.3) is 0 Å². The Bertz CT molecular complexity index is 1090. The molecule has 156 valence electrons. The Balaban J connectivity index is 1.65. The zero-order valence-corrected chi connectivity index (χ0v) is 16.0. The molecule has 1 saturated carbocycles. The van der Waals surface area contributed by atoms with Crippen LogP contribution in [-0.4, -0.2) is 32.5 Å². The molecule has 0 spiro atoms. The second kappa shape index (κ2) is 7.91. The standard InChI is InChI=1S/C20H20F3N7/c21-20(22,23)13-5-15-16(10-27-18(15)26-9-13)17-12(6-24)8-29-19(30-17)28-7-11-1-3-14(25)4-2-11/h5,8-11,14H,1-4,7,25H2,(H,26,27)(H,28,29,30). The number of anilines is 1. The molecule has 4 rings (SSSR count). The van der Waals surface area contributed by atoms with E-state index >= 15 is 0 Å². The molecule has 3 aromatic rings. The van der Waals surface area contributed by atoms with Gasteiger partial charge in [0.1, 0.15) is 11.7 Å². The number of fused-ring (bicyclic) bond motifs is 1. The number of aromatic amines is 1. The molecule has 3 aromatic heterocycles. The Morgan fingerprint density at radius 1 is 1.20 bits per heavy atom. The molecule has 0 unspecified atom stereocenters. The molecule has 4 N–H and O–H groups in total. The summed E-state index contributed by atoms with van der Waals surface area (Å²) in [6.07, 6.45) is 3.14. The van der Waals surface area contributed by atoms with Crippen LogP contribution in [0.25, 0.3) is 22.3 Å². The van der Waals surface area contributed by atoms with Gasteiger partial charge in [0.05, 0.1) is 23.0 Å². The van der Waals surface area contributed by atoms with Crippen LogP contribution in [0.4, 0.5) is 19.1 Å². The van der Waals surface area contributed by atoms with Crippen LogP contribution in [0.5, 0.6) is 0 Å². The van der Waals surface area contributed by atoms with Gasteiger partial charge in [-0.05, 0) is 37.7 Å². The van der Waals surface area contributed by atoms with E-state index < -0.39 is 11.7 Å². The zero-order valence-electron chi connectivity index (χ0n) is 16.0. The van der Waals surface area contributed by atoms with Crippen molar-refractivity contribution in [3.8, 4) is 17.3 Å². The van der Waals surface area contributed by atoms with Gasteiger partial charge in [-0.25, -0.2) is 15.0 Å². The molecule has 0 radical (unpaired) electrons. The number of H-pyrrole nitrogens is 1. The zero-order chi connectivity index (χ0) is 21.3. The molecule has 0 aliphatic heterocycles. The third-order valence-corrected chi connectivity index (χ3v) is 5.46. The van der Waals surface area contributed by atoms with E-state index in [0.717, 1.165) is 37.9 Å². The predicted octanol–water partition coefficient (Wildman–Crippen LogP) is 3.84. The minimum absolute atomic E-state index is 0.169. The Labute approximate surface area is 170 Å². The van der Waals surface area contributed by atoms with Crippen LogP contribution in [0.15, 0.2) is 24.7 Å². The Hall–Kier alpha value is -3.19. The molecule has 30 heavy (non-hydrogen) atoms. The number of alkyl halides is 3. The topological polar surface area (TPSA) is 116 Å². The average Bonchev–Trinajstić information content (AvgIpc) is 3.15. The largest absolute Gasteiger partial charge is 0.417 e. The van der Waals surface area contributed by atoms with E-state index in [4.69, 9.17) is 5.73 Å². The van der Waals surface area contributed by atoms with Crippen LogP contribution in [-0.2, 0) is 6.18 Å². The average molecular weight is 415 g/mol. The molecule has 0 atom stereocenters. The third kappa shape index (κ3) is 4.07. The van der Waals surface area contributed by atoms with Gasteiger partial charge in [0, 0.05) is 35.9 Å². The Morgan fingerprint density at radius 2 is 1.97 bits per heavy atom. The smallest absolute Gasteiger partial charge is 0.354 e. The summed E-state index contributed by atoms with van der Waals surface area (Å²) in [5.41, 5.74) is 6.16. The van der Waals surface area contributed by atoms with E-state index in [1.54, 1.807) is 0 Å². The summed E-state index contributed by atoms with van der Waals surface area (Å²) in [4.78, 5) is 15.3. The molecule has 0 aromatic carbocycles. The highest BCUT2D eigenvalue weighted by Gasteiger charge is 2.31. The highest BCUT2D eigenvalue weighted by atomic mass is 19.4. The summed E-state index contributed by atoms with van der Waals surface area (Å²) in [5, 5.41) is 12.9. The summed E-state index contributed by atoms with van der Waals surface area (Å²) >= 11 is 0. The van der Waals surface area contributed by atoms with Crippen molar-refractivity contribution in [1.29, 1.82) is 5.26 Å². The number of nitrogens with two attached hydrogens (primary N) is 1. The molecule has 10 heteroatoms. The van der Waals surface area contributed by atoms with Gasteiger partial charge in [-0.15, -0.1) is 0 Å². The molecule has 1 aliphatic carbocycles. The van der Waals surface area contributed by atoms with Gasteiger partial charge in [-0.2, -0.15) is 18.4 Å². The van der Waals surface area contributed by atoms with E-state index in [0.29, 0.717) is 24.0 Å². The second-order valence-electron chi connectivity index (χ2n) is 7.55. The van der Waals surface area contributed by atoms with Gasteiger partial charge in [0.15, 0.2) is 0 Å². The van der Waals surface area contributed by atoms with Crippen molar-refractivity contribution < 1.29 is 13.2 Å². The number of pyridine rings is 1. The number of hydrogen-bond donors (Lipinski definition) is 3. The highest BCUT2D eigenvalue weighted by Crippen LogP contribution is 2.34. The fraction of sp³-hybridized carbons (Fsp3) is 0.400. The second-order valence-corrected chi connectivity index (χ2v) is 7.55. The minimum atomic E-state index is -4.52. The molecular weight excluding hydrogens is 395 g/mol. The Kier molecular flexibility index (Phi) is 5.30. The monoisotopic (exact) mass is 415 g/mol. The van der Waals surface area contributed by atoms with Crippen LogP contribution < -0.4 is 11.1 Å². The lowest BCUT2D eigenvalue weighted by Gasteiger charge is -2.26. The number of nitrogens with zero attached hydrogens (tertiary/aromatic N) is 4. The van der Waals surface area contributed by atoms with Crippen LogP contribution in [0.3, 0.4) is 0 Å². The first-order chi connectivity index (χ1) is 14.3. The SMILES string of the molecule is N#Cc1cnc(NCC2CCC(N)CC2)nc1-c1c[nH]c2ncc(C(F)(F)F)cc12. The van der Waals surface area contributed by atoms with Crippen LogP contribution in [0.1, 0.15) is 36.8 Å². The highest BCUT2D eigenvalue weighted by molar-refractivity contribution is 5.94. The quantitative estimate of drug-likeness (QED) is 0.596. The first-order valence-corrected chi connectivity index (χ1v) is 9.66. The van der Waals surface area contributed by atoms with Crippen molar-refractivity contribution in [2.24, 2.45) is 11.7 Å². The maximum absolute atomic E-state index is 13.1. The summed E-state index contributed by atoms with van der Waals surface area (Å²) in [6.45, 7) is 0.672. The van der Waals surface area contributed by atoms with Crippen molar-refractivity contribution in [3.63, 3.8) is 0 Å². The fourth-order valence-electron chi connectivity index (χ4n) is 3.74. The summed E-state index contributed by atoms with van der Waals surface area (Å²) < 4.78 is 39.4. The predicted molar refractivity (Wildman–Crippen MR) is 105 cm³/mol. The molecule has 3 heterocycles. The number of aromatic nitrogens is 4. The van der Waals surface area contributed by atoms with Crippen molar-refractivity contribution in [2.45, 2.75) is 37.9 Å². The summed E-state index contributed by atoms with van der Waals surface area (Å²) in [6, 6.07) is 3.28. The third-order valence-electron chi connectivity index (χ3n) is 5.46. The molecule has 0 bridgehead atoms. The van der Waals surface area contributed by atoms with Gasteiger partial charge < -0.3 is 16.0 Å². The van der Waals surface area contributed by atoms with Crippen LogP contribution >= 0.6 is 0 Å². The number of nitriles is 1. The molecule has 1 aliphatic rings. The van der Waals surface area contributed by atoms with Crippen molar-refractivity contribution in [1.82, 2.24) is 19.9 Å². The lowest BCUT2D eigenvalue weighted by molar-refractivity contribution is -0.137. The van der Waals surface area contributed by atoms with Gasteiger partial charge in [-0.3, -0.25) is 0 Å². The first-order valence-electron chi connectivity index (χ1n) is 9.66. The van der Waals surface area contributed by atoms with Gasteiger partial charge in [-0.1, -0.05) is 0 Å². The van der Waals surface area contributed by atoms with Crippen molar-refractivity contribution >= 4 is 17.0 Å². The van der Waals surface area contributed by atoms with Crippen molar-refractivity contribution in [3.05, 3.63) is 35.8 Å². The van der Waals surface area contributed by atoms with Crippen LogP contribution in [0, 0.1) is 17.2 Å². The molecule has 1 fully saturated rings. The molecule has 7 nitrogen and oxygen atoms in total. The number of rotatable bonds is 4. The van der Waals surface area contributed by atoms with E-state index in [9.17, 15) is 18.4 Å². The van der Waals surface area contributed by atoms with Gasteiger partial charge >= 0.3 is 6.18 Å². The van der Waals surface area contributed by atoms with E-state index in [1.807, 2.05) is 6.07 Å². The number of nitrogens with one attached hydrogen (secondary N) is 2. The van der Waals surface area contributed by atoms with E-state index in [2.05, 4.69) is 25.3 Å². The summed E-state index contributed by atoms with van der Waals surface area (Å²) in [5.74, 6) is 0.785. The fourth-order valence-corrected chi connectivity index (χ4v) is 3.74. The van der Waals surface area contributed by atoms with Crippen molar-refractivity contribution in [2.75, 3.05) is 11.9 Å².